The highest BCUT2D eigenvalue weighted by Gasteiger charge is 2.37. The zero-order valence-corrected chi connectivity index (χ0v) is 25.4. The summed E-state index contributed by atoms with van der Waals surface area (Å²) in [5.74, 6) is 0. The van der Waals surface area contributed by atoms with Crippen molar-refractivity contribution in [3.05, 3.63) is 126 Å². The molecular weight excluding hydrogens is 511 g/mol. The first-order valence-electron chi connectivity index (χ1n) is 14.7. The molecule has 0 saturated heterocycles. The first-order valence-corrected chi connectivity index (χ1v) is 14.7. The van der Waals surface area contributed by atoms with Crippen molar-refractivity contribution >= 4 is 12.9 Å². The zero-order chi connectivity index (χ0) is 29.7. The molecule has 1 radical (unpaired) electrons. The second kappa shape index (κ2) is 10.4. The van der Waals surface area contributed by atoms with Crippen molar-refractivity contribution in [3.8, 4) is 44.5 Å². The lowest BCUT2D eigenvalue weighted by atomic mass is 9.74. The highest BCUT2D eigenvalue weighted by molar-refractivity contribution is 6.50. The van der Waals surface area contributed by atoms with Gasteiger partial charge in [0.05, 0.1) is 11.2 Å². The van der Waals surface area contributed by atoms with Gasteiger partial charge in [0.2, 0.25) is 0 Å². The van der Waals surface area contributed by atoms with E-state index in [0.29, 0.717) is 0 Å². The van der Waals surface area contributed by atoms with Gasteiger partial charge in [0.25, 0.3) is 0 Å². The Morgan fingerprint density at radius 1 is 0.571 bits per heavy atom. The maximum Gasteiger partial charge on any atom is 0.331 e. The fraction of sp³-hybridized carbons (Fsp3) is 0.231. The molecule has 5 aromatic rings. The van der Waals surface area contributed by atoms with E-state index in [0.717, 1.165) is 38.8 Å². The van der Waals surface area contributed by atoms with Gasteiger partial charge in [0.15, 0.2) is 0 Å². The number of aliphatic hydroxyl groups is 1. The second-order valence-electron chi connectivity index (χ2n) is 13.0. The molecule has 209 valence electrons. The summed E-state index contributed by atoms with van der Waals surface area (Å²) in [6, 6.07) is 41.3. The van der Waals surface area contributed by atoms with Gasteiger partial charge in [-0.25, -0.2) is 0 Å². The lowest BCUT2D eigenvalue weighted by Gasteiger charge is -2.37. The third kappa shape index (κ3) is 4.91. The highest BCUT2D eigenvalue weighted by Crippen LogP contribution is 2.50. The van der Waals surface area contributed by atoms with Gasteiger partial charge in [0, 0.05) is 5.41 Å². The van der Waals surface area contributed by atoms with Crippen LogP contribution in [0.4, 0.5) is 0 Å². The maximum atomic E-state index is 10.8. The van der Waals surface area contributed by atoms with Crippen molar-refractivity contribution in [3.63, 3.8) is 0 Å². The summed E-state index contributed by atoms with van der Waals surface area (Å²) < 4.78 is 6.40. The van der Waals surface area contributed by atoms with E-state index in [1.165, 1.54) is 22.3 Å². The van der Waals surface area contributed by atoms with E-state index < -0.39 is 11.2 Å². The van der Waals surface area contributed by atoms with Crippen molar-refractivity contribution in [2.24, 2.45) is 0 Å². The van der Waals surface area contributed by atoms with Crippen LogP contribution in [0.3, 0.4) is 0 Å². The van der Waals surface area contributed by atoms with Crippen LogP contribution in [-0.2, 0) is 10.1 Å². The predicted octanol–water partition coefficient (Wildman–Crippen LogP) is 8.80. The van der Waals surface area contributed by atoms with Gasteiger partial charge in [-0.1, -0.05) is 117 Å². The maximum absolute atomic E-state index is 10.8. The third-order valence-corrected chi connectivity index (χ3v) is 9.19. The molecule has 0 atom stereocenters. The highest BCUT2D eigenvalue weighted by atomic mass is 16.5. The van der Waals surface area contributed by atoms with Crippen LogP contribution in [0.2, 0.25) is 0 Å². The molecule has 42 heavy (non-hydrogen) atoms. The summed E-state index contributed by atoms with van der Waals surface area (Å²) in [6.45, 7) is 12.1. The summed E-state index contributed by atoms with van der Waals surface area (Å²) in [6.07, 6.45) is 0. The zero-order valence-electron chi connectivity index (χ0n) is 25.4. The normalized spacial score (nSPS) is 13.9. The van der Waals surface area contributed by atoms with Crippen LogP contribution in [0.5, 0.6) is 0 Å². The average molecular weight is 550 g/mol. The molecule has 0 heterocycles. The molecule has 0 aromatic heterocycles. The van der Waals surface area contributed by atoms with Crippen molar-refractivity contribution in [1.29, 1.82) is 0 Å². The molecule has 1 N–H and O–H groups in total. The SMILES string of the molecule is CC1(C)c2ccccc2-c2cc(-c3cc(-c4ccccc4)cc([B]OC(C)(C)C(C)(C)O)c3-c3ccccc3)ccc21. The molecule has 1 aliphatic carbocycles. The standard InChI is InChI=1S/C39H38BO2/c1-37(2)33-20-14-13-19-30(33)32-23-28(21-22-34(32)37)31-24-29(26-15-9-7-10-16-26)25-35(36(31)27-17-11-8-12-18-27)40-42-39(5,6)38(3,4)41/h7-25,41H,1-6H3. The molecule has 2 nitrogen and oxygen atoms in total. The van der Waals surface area contributed by atoms with Crippen molar-refractivity contribution < 1.29 is 9.76 Å². The first-order chi connectivity index (χ1) is 20.0. The molecule has 1 aliphatic rings. The summed E-state index contributed by atoms with van der Waals surface area (Å²) >= 11 is 0. The molecule has 5 aromatic carbocycles. The third-order valence-electron chi connectivity index (χ3n) is 9.19. The monoisotopic (exact) mass is 549 g/mol. The van der Waals surface area contributed by atoms with Crippen LogP contribution in [0.25, 0.3) is 44.5 Å². The molecule has 0 aliphatic heterocycles. The van der Waals surface area contributed by atoms with Gasteiger partial charge in [-0.2, -0.15) is 0 Å². The van der Waals surface area contributed by atoms with E-state index in [1.54, 1.807) is 13.8 Å². The summed E-state index contributed by atoms with van der Waals surface area (Å²) in [5, 5.41) is 10.8. The van der Waals surface area contributed by atoms with E-state index in [1.807, 2.05) is 33.5 Å². The smallest absolute Gasteiger partial charge is 0.331 e. The van der Waals surface area contributed by atoms with Gasteiger partial charge in [-0.05, 0) is 101 Å². The summed E-state index contributed by atoms with van der Waals surface area (Å²) in [7, 11) is 1.84. The Morgan fingerprint density at radius 2 is 1.14 bits per heavy atom. The van der Waals surface area contributed by atoms with Gasteiger partial charge in [-0.15, -0.1) is 0 Å². The lowest BCUT2D eigenvalue weighted by molar-refractivity contribution is -0.0893. The van der Waals surface area contributed by atoms with Crippen LogP contribution >= 0.6 is 0 Å². The van der Waals surface area contributed by atoms with E-state index in [9.17, 15) is 5.11 Å². The minimum Gasteiger partial charge on any atom is -0.427 e. The van der Waals surface area contributed by atoms with Crippen molar-refractivity contribution in [2.75, 3.05) is 0 Å². The van der Waals surface area contributed by atoms with Gasteiger partial charge >= 0.3 is 7.48 Å². The molecule has 0 saturated carbocycles. The minimum absolute atomic E-state index is 0.0476. The first kappa shape index (κ1) is 28.2. The van der Waals surface area contributed by atoms with Crippen LogP contribution < -0.4 is 5.46 Å². The Kier molecular flexibility index (Phi) is 7.00. The number of fused-ring (bicyclic) bond motifs is 3. The Labute approximate surface area is 251 Å². The van der Waals surface area contributed by atoms with Crippen LogP contribution in [0, 0.1) is 0 Å². The second-order valence-corrected chi connectivity index (χ2v) is 13.0. The number of hydrogen-bond donors (Lipinski definition) is 1. The molecule has 0 bridgehead atoms. The number of rotatable bonds is 7. The molecule has 0 spiro atoms. The molecule has 0 amide bonds. The minimum atomic E-state index is -1.03. The predicted molar refractivity (Wildman–Crippen MR) is 177 cm³/mol. The Morgan fingerprint density at radius 3 is 1.81 bits per heavy atom. The summed E-state index contributed by atoms with van der Waals surface area (Å²) in [4.78, 5) is 0. The van der Waals surface area contributed by atoms with Crippen LogP contribution in [-0.4, -0.2) is 23.8 Å². The quantitative estimate of drug-likeness (QED) is 0.206. The van der Waals surface area contributed by atoms with Crippen LogP contribution in [0.1, 0.15) is 52.7 Å². The lowest BCUT2D eigenvalue weighted by Crippen LogP contribution is -2.49. The van der Waals surface area contributed by atoms with E-state index in [2.05, 4.69) is 117 Å². The molecular formula is C39H38BO2. The number of hydrogen-bond acceptors (Lipinski definition) is 2. The summed E-state index contributed by atoms with van der Waals surface area (Å²) in [5.41, 5.74) is 11.2. The molecule has 0 unspecified atom stereocenters. The molecule has 3 heteroatoms. The van der Waals surface area contributed by atoms with Gasteiger partial charge in [0.1, 0.15) is 0 Å². The van der Waals surface area contributed by atoms with Gasteiger partial charge < -0.3 is 9.76 Å². The van der Waals surface area contributed by atoms with Crippen molar-refractivity contribution in [2.45, 2.75) is 58.2 Å². The Balaban J connectivity index is 1.60. The largest absolute Gasteiger partial charge is 0.427 e. The van der Waals surface area contributed by atoms with E-state index in [-0.39, 0.29) is 5.41 Å². The van der Waals surface area contributed by atoms with E-state index in [4.69, 9.17) is 4.65 Å². The molecule has 6 rings (SSSR count). The van der Waals surface area contributed by atoms with E-state index >= 15 is 0 Å². The Bertz CT molecular complexity index is 1750. The Hall–Kier alpha value is -3.92. The average Bonchev–Trinajstić information content (AvgIpc) is 3.22. The fourth-order valence-corrected chi connectivity index (χ4v) is 5.95. The molecule has 0 fully saturated rings. The van der Waals surface area contributed by atoms with Crippen molar-refractivity contribution in [1.82, 2.24) is 0 Å². The van der Waals surface area contributed by atoms with Crippen LogP contribution in [0.15, 0.2) is 115 Å². The van der Waals surface area contributed by atoms with Gasteiger partial charge in [-0.3, -0.25) is 0 Å². The topological polar surface area (TPSA) is 29.5 Å². The fourth-order valence-electron chi connectivity index (χ4n) is 5.95. The number of benzene rings is 5.